The summed E-state index contributed by atoms with van der Waals surface area (Å²) in [5.41, 5.74) is 5.24. The Morgan fingerprint density at radius 3 is 2.67 bits per heavy atom. The van der Waals surface area contributed by atoms with Crippen molar-refractivity contribution in [1.29, 1.82) is 0 Å². The molecule has 0 radical (unpaired) electrons. The number of aromatic carboxylic acids is 1. The van der Waals surface area contributed by atoms with Crippen LogP contribution < -0.4 is 5.32 Å². The van der Waals surface area contributed by atoms with E-state index in [1.807, 2.05) is 18.3 Å². The molecule has 0 saturated heterocycles. The summed E-state index contributed by atoms with van der Waals surface area (Å²) in [6, 6.07) is 10.2. The molecule has 4 nitrogen and oxygen atoms in total. The Balaban J connectivity index is 1.34. The van der Waals surface area contributed by atoms with Gasteiger partial charge >= 0.3 is 5.97 Å². The molecular weight excluding hydrogens is 300 g/mol. The number of aromatic nitrogens is 1. The zero-order valence-corrected chi connectivity index (χ0v) is 13.7. The number of benzene rings is 1. The minimum atomic E-state index is -0.855. The number of rotatable bonds is 5. The smallest absolute Gasteiger partial charge is 0.335 e. The molecule has 1 atom stereocenters. The van der Waals surface area contributed by atoms with Crippen molar-refractivity contribution in [3.05, 3.63) is 64.5 Å². The van der Waals surface area contributed by atoms with Crippen molar-refractivity contribution in [1.82, 2.24) is 10.3 Å². The van der Waals surface area contributed by atoms with E-state index >= 15 is 0 Å². The first-order valence-corrected chi connectivity index (χ1v) is 8.72. The molecule has 2 aromatic rings. The topological polar surface area (TPSA) is 62.2 Å². The van der Waals surface area contributed by atoms with Gasteiger partial charge in [-0.2, -0.15) is 0 Å². The average molecular weight is 322 g/mol. The maximum absolute atomic E-state index is 11.1. The van der Waals surface area contributed by atoms with Crippen LogP contribution in [0.15, 0.2) is 36.5 Å². The molecule has 24 heavy (non-hydrogen) atoms. The molecule has 2 aliphatic carbocycles. The predicted molar refractivity (Wildman–Crippen MR) is 92.3 cm³/mol. The molecule has 0 aliphatic heterocycles. The lowest BCUT2D eigenvalue weighted by Gasteiger charge is -2.24. The Bertz CT molecular complexity index is 751. The fourth-order valence-corrected chi connectivity index (χ4v) is 3.64. The highest BCUT2D eigenvalue weighted by atomic mass is 16.4. The second kappa shape index (κ2) is 6.36. The van der Waals surface area contributed by atoms with E-state index in [0.29, 0.717) is 17.5 Å². The van der Waals surface area contributed by atoms with Crippen LogP contribution in [-0.2, 0) is 19.4 Å². The molecule has 4 heteroatoms. The molecule has 0 amide bonds. The summed E-state index contributed by atoms with van der Waals surface area (Å²) in [4.78, 5) is 15.7. The lowest BCUT2D eigenvalue weighted by atomic mass is 9.82. The molecule has 1 fully saturated rings. The molecule has 2 aliphatic rings. The summed E-state index contributed by atoms with van der Waals surface area (Å²) in [6.07, 6.45) is 7.74. The van der Waals surface area contributed by atoms with Crippen LogP contribution in [0, 0.1) is 0 Å². The Morgan fingerprint density at radius 1 is 1.17 bits per heavy atom. The Morgan fingerprint density at radius 2 is 2.00 bits per heavy atom. The van der Waals surface area contributed by atoms with Gasteiger partial charge in [0.1, 0.15) is 0 Å². The minimum absolute atomic E-state index is 0.371. The molecule has 1 heterocycles. The van der Waals surface area contributed by atoms with Crippen molar-refractivity contribution < 1.29 is 9.90 Å². The predicted octanol–water partition coefficient (Wildman–Crippen LogP) is 3.30. The third kappa shape index (κ3) is 3.06. The van der Waals surface area contributed by atoms with Crippen LogP contribution in [-0.4, -0.2) is 22.1 Å². The van der Waals surface area contributed by atoms with Crippen molar-refractivity contribution in [3.8, 4) is 0 Å². The molecule has 1 unspecified atom stereocenters. The fraction of sp³-hybridized carbons (Fsp3) is 0.400. The van der Waals surface area contributed by atoms with Crippen molar-refractivity contribution in [2.24, 2.45) is 0 Å². The number of pyridine rings is 1. The molecule has 1 aromatic heterocycles. The van der Waals surface area contributed by atoms with Gasteiger partial charge in [0, 0.05) is 30.4 Å². The maximum atomic E-state index is 11.1. The Kier molecular flexibility index (Phi) is 4.07. The third-order valence-electron chi connectivity index (χ3n) is 5.35. The number of nitrogens with zero attached hydrogens (tertiary/aromatic N) is 1. The van der Waals surface area contributed by atoms with Gasteiger partial charge in [-0.1, -0.05) is 18.6 Å². The van der Waals surface area contributed by atoms with E-state index in [0.717, 1.165) is 24.9 Å². The standard InChI is InChI=1S/C20H22N2O2/c23-20(24)16-6-5-15-9-18(10-17(15)8-16)21-11-13-4-7-19(22-12-13)14-2-1-3-14/h4-8,12,14,18,21H,1-3,9-11H2,(H,23,24). The monoisotopic (exact) mass is 322 g/mol. The van der Waals surface area contributed by atoms with Crippen LogP contribution in [0.2, 0.25) is 0 Å². The fourth-order valence-electron chi connectivity index (χ4n) is 3.64. The van der Waals surface area contributed by atoms with E-state index in [2.05, 4.69) is 22.4 Å². The third-order valence-corrected chi connectivity index (χ3v) is 5.35. The van der Waals surface area contributed by atoms with Crippen LogP contribution in [0.1, 0.15) is 57.9 Å². The van der Waals surface area contributed by atoms with E-state index in [9.17, 15) is 4.79 Å². The van der Waals surface area contributed by atoms with Gasteiger partial charge in [0.25, 0.3) is 0 Å². The molecule has 0 bridgehead atoms. The van der Waals surface area contributed by atoms with Crippen LogP contribution in [0.5, 0.6) is 0 Å². The highest BCUT2D eigenvalue weighted by Gasteiger charge is 2.23. The highest BCUT2D eigenvalue weighted by molar-refractivity contribution is 5.88. The zero-order chi connectivity index (χ0) is 16.5. The average Bonchev–Trinajstić information content (AvgIpc) is 2.94. The molecule has 1 saturated carbocycles. The van der Waals surface area contributed by atoms with E-state index in [1.54, 1.807) is 6.07 Å². The van der Waals surface area contributed by atoms with Gasteiger partial charge < -0.3 is 10.4 Å². The summed E-state index contributed by atoms with van der Waals surface area (Å²) in [7, 11) is 0. The highest BCUT2D eigenvalue weighted by Crippen LogP contribution is 2.35. The van der Waals surface area contributed by atoms with Crippen molar-refractivity contribution in [2.45, 2.75) is 50.6 Å². The summed E-state index contributed by atoms with van der Waals surface area (Å²) < 4.78 is 0. The van der Waals surface area contributed by atoms with Gasteiger partial charge in [0.15, 0.2) is 0 Å². The normalized spacial score (nSPS) is 19.8. The molecule has 0 spiro atoms. The zero-order valence-electron chi connectivity index (χ0n) is 13.7. The largest absolute Gasteiger partial charge is 0.478 e. The van der Waals surface area contributed by atoms with E-state index in [1.165, 1.54) is 36.1 Å². The molecule has 124 valence electrons. The van der Waals surface area contributed by atoms with Gasteiger partial charge in [0.2, 0.25) is 0 Å². The van der Waals surface area contributed by atoms with Gasteiger partial charge in [-0.3, -0.25) is 4.98 Å². The number of fused-ring (bicyclic) bond motifs is 1. The first kappa shape index (κ1) is 15.3. The Labute approximate surface area is 141 Å². The Hall–Kier alpha value is -2.20. The van der Waals surface area contributed by atoms with E-state index < -0.39 is 5.97 Å². The number of hydrogen-bond donors (Lipinski definition) is 2. The van der Waals surface area contributed by atoms with Crippen molar-refractivity contribution in [2.75, 3.05) is 0 Å². The van der Waals surface area contributed by atoms with Crippen LogP contribution in [0.4, 0.5) is 0 Å². The lowest BCUT2D eigenvalue weighted by molar-refractivity contribution is 0.0697. The molecule has 4 rings (SSSR count). The minimum Gasteiger partial charge on any atom is -0.478 e. The maximum Gasteiger partial charge on any atom is 0.335 e. The van der Waals surface area contributed by atoms with Crippen molar-refractivity contribution in [3.63, 3.8) is 0 Å². The number of carboxylic acids is 1. The van der Waals surface area contributed by atoms with Gasteiger partial charge in [-0.05, 0) is 60.6 Å². The van der Waals surface area contributed by atoms with Crippen LogP contribution >= 0.6 is 0 Å². The van der Waals surface area contributed by atoms with E-state index in [4.69, 9.17) is 5.11 Å². The second-order valence-corrected chi connectivity index (χ2v) is 6.99. The van der Waals surface area contributed by atoms with Crippen LogP contribution in [0.25, 0.3) is 0 Å². The molecule has 2 N–H and O–H groups in total. The number of carboxylic acid groups (broad SMARTS) is 1. The van der Waals surface area contributed by atoms with Gasteiger partial charge in [-0.25, -0.2) is 4.79 Å². The van der Waals surface area contributed by atoms with Crippen LogP contribution in [0.3, 0.4) is 0 Å². The SMILES string of the molecule is O=C(O)c1ccc2c(c1)CC(NCc1ccc(C3CCC3)nc1)C2. The molecule has 1 aromatic carbocycles. The molecular formula is C20H22N2O2. The summed E-state index contributed by atoms with van der Waals surface area (Å²) in [5.74, 6) is -0.174. The van der Waals surface area contributed by atoms with E-state index in [-0.39, 0.29) is 0 Å². The van der Waals surface area contributed by atoms with Gasteiger partial charge in [-0.15, -0.1) is 0 Å². The summed E-state index contributed by atoms with van der Waals surface area (Å²) in [5, 5.41) is 12.7. The second-order valence-electron chi connectivity index (χ2n) is 6.99. The quantitative estimate of drug-likeness (QED) is 0.886. The first-order chi connectivity index (χ1) is 11.7. The first-order valence-electron chi connectivity index (χ1n) is 8.72. The van der Waals surface area contributed by atoms with Crippen molar-refractivity contribution >= 4 is 5.97 Å². The number of nitrogens with one attached hydrogen (secondary N) is 1. The summed E-state index contributed by atoms with van der Waals surface area (Å²) in [6.45, 7) is 0.808. The number of carbonyl (C=O) groups is 1. The van der Waals surface area contributed by atoms with Gasteiger partial charge in [0.05, 0.1) is 5.56 Å². The lowest BCUT2D eigenvalue weighted by Crippen LogP contribution is -2.29. The summed E-state index contributed by atoms with van der Waals surface area (Å²) >= 11 is 0. The number of hydrogen-bond acceptors (Lipinski definition) is 3.